The van der Waals surface area contributed by atoms with Crippen LogP contribution in [0.5, 0.6) is 0 Å². The minimum absolute atomic E-state index is 0.676. The van der Waals surface area contributed by atoms with Gasteiger partial charge >= 0.3 is 11.9 Å². The quantitative estimate of drug-likeness (QED) is 0.448. The maximum atomic E-state index is 10.3. The summed E-state index contributed by atoms with van der Waals surface area (Å²) < 4.78 is 0. The van der Waals surface area contributed by atoms with Crippen molar-refractivity contribution < 1.29 is 9.85 Å². The van der Waals surface area contributed by atoms with Crippen LogP contribution in [-0.4, -0.2) is 34.1 Å². The van der Waals surface area contributed by atoms with Crippen molar-refractivity contribution in [1.29, 1.82) is 0 Å². The smallest absolute Gasteiger partial charge is 0.390 e. The van der Waals surface area contributed by atoms with Crippen LogP contribution in [0.15, 0.2) is 30.4 Å². The summed E-state index contributed by atoms with van der Waals surface area (Å²) >= 11 is 0. The predicted octanol–water partition coefficient (Wildman–Crippen LogP) is -0.164. The lowest BCUT2D eigenvalue weighted by molar-refractivity contribution is -0.352. The van der Waals surface area contributed by atoms with Crippen LogP contribution in [0, 0.1) is 20.2 Å². The van der Waals surface area contributed by atoms with Gasteiger partial charge in [0.15, 0.2) is 0 Å². The molecule has 0 aromatic rings. The van der Waals surface area contributed by atoms with Crippen molar-refractivity contribution in [1.82, 2.24) is 0 Å². The van der Waals surface area contributed by atoms with Crippen molar-refractivity contribution in [3.05, 3.63) is 20.2 Å². The van der Waals surface area contributed by atoms with Crippen molar-refractivity contribution in [2.24, 2.45) is 30.4 Å². The maximum Gasteiger partial charge on any atom is 0.488 e. The molecule has 82 valence electrons. The van der Waals surface area contributed by atoms with Gasteiger partial charge in [-0.05, 0) is 9.85 Å². The lowest BCUT2D eigenvalue weighted by Gasteiger charge is -1.92. The maximum absolute atomic E-state index is 10.3. The highest BCUT2D eigenvalue weighted by atomic mass is 16.6. The van der Waals surface area contributed by atoms with Crippen molar-refractivity contribution in [2.75, 3.05) is 0 Å². The van der Waals surface area contributed by atoms with Gasteiger partial charge in [0.2, 0.25) is 0 Å². The number of guanidine groups is 2. The molecule has 0 N–H and O–H groups in total. The molecule has 2 heterocycles. The van der Waals surface area contributed by atoms with E-state index in [1.54, 1.807) is 0 Å². The molecule has 0 spiro atoms. The summed E-state index contributed by atoms with van der Waals surface area (Å²) in [6.07, 6.45) is -2.11. The summed E-state index contributed by atoms with van der Waals surface area (Å²) in [5, 5.41) is 33.7. The number of aliphatic imine (C=N–C) groups is 2. The molecule has 0 radical (unpaired) electrons. The fraction of sp³-hybridized carbons (Fsp3) is 0.500. The van der Waals surface area contributed by atoms with Gasteiger partial charge in [-0.3, -0.25) is 0 Å². The van der Waals surface area contributed by atoms with Gasteiger partial charge in [0.25, 0.3) is 12.3 Å². The van der Waals surface area contributed by atoms with Crippen LogP contribution in [0.4, 0.5) is 0 Å². The van der Waals surface area contributed by atoms with Crippen LogP contribution in [0.3, 0.4) is 0 Å². The molecule has 0 fully saturated rings. The SMILES string of the molecule is O=[N+]([O-])C1=N[C@H]([C@H]2N=NC([N+](=O)[O-])=N2)N=N1. The van der Waals surface area contributed by atoms with Crippen molar-refractivity contribution in [2.45, 2.75) is 12.3 Å². The minimum atomic E-state index is -1.05. The lowest BCUT2D eigenvalue weighted by Crippen LogP contribution is -2.17. The molecular formula is C4H2N8O4. The first-order valence-electron chi connectivity index (χ1n) is 3.84. The zero-order valence-corrected chi connectivity index (χ0v) is 7.37. The summed E-state index contributed by atoms with van der Waals surface area (Å²) in [6, 6.07) is 0. The van der Waals surface area contributed by atoms with Crippen molar-refractivity contribution in [3.63, 3.8) is 0 Å². The Labute approximate surface area is 85.8 Å². The summed E-state index contributed by atoms with van der Waals surface area (Å²) in [7, 11) is 0. The van der Waals surface area contributed by atoms with E-state index in [2.05, 4.69) is 30.4 Å². The molecule has 2 aliphatic heterocycles. The van der Waals surface area contributed by atoms with Gasteiger partial charge in [-0.15, -0.1) is 0 Å². The molecule has 0 aliphatic carbocycles. The van der Waals surface area contributed by atoms with Crippen molar-refractivity contribution in [3.8, 4) is 0 Å². The number of hydrogen-bond acceptors (Lipinski definition) is 10. The van der Waals surface area contributed by atoms with E-state index < -0.39 is 34.1 Å². The normalized spacial score (nSPS) is 26.8. The van der Waals surface area contributed by atoms with Crippen LogP contribution in [0.25, 0.3) is 0 Å². The third kappa shape index (κ3) is 1.62. The van der Waals surface area contributed by atoms with Gasteiger partial charge in [0.05, 0.1) is 10.2 Å². The second-order valence-corrected chi connectivity index (χ2v) is 2.63. The van der Waals surface area contributed by atoms with Crippen LogP contribution >= 0.6 is 0 Å². The van der Waals surface area contributed by atoms with Crippen LogP contribution < -0.4 is 0 Å². The Morgan fingerprint density at radius 2 is 1.25 bits per heavy atom. The molecule has 0 amide bonds. The monoisotopic (exact) mass is 226 g/mol. The third-order valence-electron chi connectivity index (χ3n) is 1.62. The molecule has 16 heavy (non-hydrogen) atoms. The van der Waals surface area contributed by atoms with Crippen LogP contribution in [0.2, 0.25) is 0 Å². The second-order valence-electron chi connectivity index (χ2n) is 2.63. The lowest BCUT2D eigenvalue weighted by atomic mass is 10.4. The zero-order valence-electron chi connectivity index (χ0n) is 7.37. The molecule has 2 rings (SSSR count). The van der Waals surface area contributed by atoms with Crippen molar-refractivity contribution >= 4 is 11.9 Å². The fourth-order valence-electron chi connectivity index (χ4n) is 0.981. The Balaban J connectivity index is 2.14. The number of hydrogen-bond donors (Lipinski definition) is 0. The second kappa shape index (κ2) is 3.48. The topological polar surface area (TPSA) is 160 Å². The number of azo groups is 2. The van der Waals surface area contributed by atoms with E-state index in [1.165, 1.54) is 0 Å². The first-order valence-corrected chi connectivity index (χ1v) is 3.84. The highest BCUT2D eigenvalue weighted by Gasteiger charge is 2.41. The molecule has 12 heteroatoms. The average Bonchev–Trinajstić information content (AvgIpc) is 2.86. The highest BCUT2D eigenvalue weighted by molar-refractivity contribution is 5.74. The van der Waals surface area contributed by atoms with E-state index in [4.69, 9.17) is 0 Å². The first kappa shape index (κ1) is 9.88. The molecule has 0 bridgehead atoms. The number of rotatable bonds is 1. The fourth-order valence-corrected chi connectivity index (χ4v) is 0.981. The third-order valence-corrected chi connectivity index (χ3v) is 1.62. The van der Waals surface area contributed by atoms with Gasteiger partial charge in [-0.25, -0.2) is 0 Å². The van der Waals surface area contributed by atoms with E-state index in [9.17, 15) is 20.2 Å². The Hall–Kier alpha value is -2.66. The van der Waals surface area contributed by atoms with E-state index >= 15 is 0 Å². The number of nitro groups is 2. The molecule has 0 aromatic heterocycles. The highest BCUT2D eigenvalue weighted by Crippen LogP contribution is 2.18. The minimum Gasteiger partial charge on any atom is -0.390 e. The molecule has 0 saturated heterocycles. The van der Waals surface area contributed by atoms with Gasteiger partial charge in [0, 0.05) is 0 Å². The van der Waals surface area contributed by atoms with Gasteiger partial charge < -0.3 is 20.2 Å². The molecule has 0 unspecified atom stereocenters. The van der Waals surface area contributed by atoms with Crippen LogP contribution in [0.1, 0.15) is 0 Å². The van der Waals surface area contributed by atoms with Crippen LogP contribution in [-0.2, 0) is 0 Å². The molecule has 0 aromatic carbocycles. The Kier molecular flexibility index (Phi) is 2.15. The Morgan fingerprint density at radius 3 is 1.50 bits per heavy atom. The van der Waals surface area contributed by atoms with Gasteiger partial charge in [-0.2, -0.15) is 0 Å². The van der Waals surface area contributed by atoms with E-state index in [0.29, 0.717) is 0 Å². The summed E-state index contributed by atoms with van der Waals surface area (Å²) in [6.45, 7) is 0. The zero-order chi connectivity index (χ0) is 11.7. The average molecular weight is 226 g/mol. The first-order chi connectivity index (χ1) is 7.58. The van der Waals surface area contributed by atoms with Gasteiger partial charge in [0.1, 0.15) is 0 Å². The predicted molar refractivity (Wildman–Crippen MR) is 46.1 cm³/mol. The van der Waals surface area contributed by atoms with E-state index in [-0.39, 0.29) is 0 Å². The standard InChI is InChI=1S/C4H2N8O4/c13-11(14)3-5-1(7-9-3)2-6-4(10-8-2)12(15)16/h1-2H/t1-,2+. The number of nitrogens with zero attached hydrogens (tertiary/aromatic N) is 8. The Morgan fingerprint density at radius 1 is 0.875 bits per heavy atom. The summed E-state index contributed by atoms with van der Waals surface area (Å²) in [5.74, 6) is -1.35. The molecule has 12 nitrogen and oxygen atoms in total. The largest absolute Gasteiger partial charge is 0.488 e. The molecule has 2 atom stereocenters. The molecule has 2 aliphatic rings. The van der Waals surface area contributed by atoms with E-state index in [1.807, 2.05) is 0 Å². The summed E-state index contributed by atoms with van der Waals surface area (Å²) in [5.41, 5.74) is 0. The molecule has 0 saturated carbocycles. The Bertz CT molecular complexity index is 432. The summed E-state index contributed by atoms with van der Waals surface area (Å²) in [4.78, 5) is 25.8. The molecular weight excluding hydrogens is 224 g/mol. The van der Waals surface area contributed by atoms with Gasteiger partial charge in [-0.1, -0.05) is 20.2 Å². The van der Waals surface area contributed by atoms with E-state index in [0.717, 1.165) is 0 Å².